The Morgan fingerprint density at radius 3 is 2.52 bits per heavy atom. The van der Waals surface area contributed by atoms with E-state index in [1.165, 1.54) is 4.90 Å². The van der Waals surface area contributed by atoms with Gasteiger partial charge in [-0.25, -0.2) is 0 Å². The van der Waals surface area contributed by atoms with Crippen LogP contribution < -0.4 is 9.47 Å². The first-order chi connectivity index (χ1) is 16.0. The smallest absolute Gasteiger partial charge is 0.254 e. The Labute approximate surface area is 196 Å². The molecule has 3 aromatic rings. The first-order valence-corrected chi connectivity index (χ1v) is 10.8. The first kappa shape index (κ1) is 22.5. The fourth-order valence-electron chi connectivity index (χ4n) is 3.50. The van der Waals surface area contributed by atoms with Gasteiger partial charge < -0.3 is 23.7 Å². The van der Waals surface area contributed by atoms with E-state index < -0.39 is 0 Å². The molecule has 8 heteroatoms. The summed E-state index contributed by atoms with van der Waals surface area (Å²) in [5, 5.41) is 0.534. The second-order valence-corrected chi connectivity index (χ2v) is 7.93. The van der Waals surface area contributed by atoms with Gasteiger partial charge in [-0.2, -0.15) is 0 Å². The second kappa shape index (κ2) is 10.3. The Morgan fingerprint density at radius 1 is 1.00 bits per heavy atom. The maximum Gasteiger partial charge on any atom is 0.254 e. The average molecular weight is 467 g/mol. The molecule has 4 rings (SSSR count). The SMILES string of the molecule is C=CCN(CC(=O)N(Cc1ccc2c(c1)OCO2)Cc1ccco1)C(=O)c1ccc(Cl)cc1. The highest BCUT2D eigenvalue weighted by Gasteiger charge is 2.23. The summed E-state index contributed by atoms with van der Waals surface area (Å²) in [5.41, 5.74) is 1.32. The number of furan rings is 1. The number of benzene rings is 2. The predicted molar refractivity (Wildman–Crippen MR) is 123 cm³/mol. The van der Waals surface area contributed by atoms with Crippen LogP contribution in [0, 0.1) is 0 Å². The van der Waals surface area contributed by atoms with Crippen LogP contribution in [0.4, 0.5) is 0 Å². The number of hydrogen-bond acceptors (Lipinski definition) is 5. The number of nitrogens with zero attached hydrogens (tertiary/aromatic N) is 2. The molecule has 1 aliphatic heterocycles. The molecule has 0 unspecified atom stereocenters. The van der Waals surface area contributed by atoms with Crippen LogP contribution in [0.1, 0.15) is 21.7 Å². The van der Waals surface area contributed by atoms with Gasteiger partial charge in [-0.05, 0) is 54.1 Å². The third-order valence-electron chi connectivity index (χ3n) is 5.14. The van der Waals surface area contributed by atoms with E-state index in [-0.39, 0.29) is 38.2 Å². The minimum absolute atomic E-state index is 0.112. The number of rotatable bonds is 9. The van der Waals surface area contributed by atoms with E-state index in [2.05, 4.69) is 6.58 Å². The summed E-state index contributed by atoms with van der Waals surface area (Å²) in [5.74, 6) is 1.45. The molecule has 1 aromatic heterocycles. The van der Waals surface area contributed by atoms with E-state index in [1.54, 1.807) is 53.6 Å². The summed E-state index contributed by atoms with van der Waals surface area (Å²) in [6, 6.07) is 15.7. The van der Waals surface area contributed by atoms with Gasteiger partial charge in [0, 0.05) is 23.7 Å². The summed E-state index contributed by atoms with van der Waals surface area (Å²) >= 11 is 5.94. The van der Waals surface area contributed by atoms with Gasteiger partial charge in [0.1, 0.15) is 12.3 Å². The standard InChI is InChI=1S/C25H23ClN2O5/c1-2-11-27(25(30)19-6-8-20(26)9-7-19)16-24(29)28(15-21-4-3-12-31-21)14-18-5-10-22-23(13-18)33-17-32-22/h2-10,12-13H,1,11,14-17H2. The van der Waals surface area contributed by atoms with E-state index in [0.29, 0.717) is 34.4 Å². The van der Waals surface area contributed by atoms with Gasteiger partial charge in [0.05, 0.1) is 12.8 Å². The van der Waals surface area contributed by atoms with Gasteiger partial charge in [-0.1, -0.05) is 23.7 Å². The molecule has 0 fully saturated rings. The highest BCUT2D eigenvalue weighted by atomic mass is 35.5. The zero-order chi connectivity index (χ0) is 23.2. The number of ether oxygens (including phenoxy) is 2. The Balaban J connectivity index is 1.53. The molecular weight excluding hydrogens is 444 g/mol. The number of amides is 2. The number of carbonyl (C=O) groups is 2. The number of carbonyl (C=O) groups excluding carboxylic acids is 2. The van der Waals surface area contributed by atoms with Gasteiger partial charge in [0.2, 0.25) is 12.7 Å². The molecule has 0 saturated heterocycles. The predicted octanol–water partition coefficient (Wildman–Crippen LogP) is 4.52. The Hall–Kier alpha value is -3.71. The monoisotopic (exact) mass is 466 g/mol. The Bertz CT molecular complexity index is 1130. The average Bonchev–Trinajstić information content (AvgIpc) is 3.50. The van der Waals surface area contributed by atoms with Crippen molar-refractivity contribution in [1.82, 2.24) is 9.80 Å². The van der Waals surface area contributed by atoms with Crippen molar-refractivity contribution in [3.63, 3.8) is 0 Å². The molecule has 0 radical (unpaired) electrons. The summed E-state index contributed by atoms with van der Waals surface area (Å²) < 4.78 is 16.3. The highest BCUT2D eigenvalue weighted by Crippen LogP contribution is 2.33. The molecule has 0 saturated carbocycles. The summed E-state index contributed by atoms with van der Waals surface area (Å²) in [4.78, 5) is 29.5. The third-order valence-corrected chi connectivity index (χ3v) is 5.40. The van der Waals surface area contributed by atoms with Crippen LogP contribution in [-0.2, 0) is 17.9 Å². The largest absolute Gasteiger partial charge is 0.467 e. The van der Waals surface area contributed by atoms with E-state index >= 15 is 0 Å². The van der Waals surface area contributed by atoms with E-state index in [0.717, 1.165) is 5.56 Å². The number of fused-ring (bicyclic) bond motifs is 1. The lowest BCUT2D eigenvalue weighted by Crippen LogP contribution is -2.42. The third kappa shape index (κ3) is 5.56. The number of hydrogen-bond donors (Lipinski definition) is 0. The zero-order valence-electron chi connectivity index (χ0n) is 17.9. The van der Waals surface area contributed by atoms with Crippen molar-refractivity contribution in [1.29, 1.82) is 0 Å². The van der Waals surface area contributed by atoms with Crippen molar-refractivity contribution in [2.24, 2.45) is 0 Å². The van der Waals surface area contributed by atoms with Crippen LogP contribution >= 0.6 is 11.6 Å². The molecule has 0 bridgehead atoms. The number of halogens is 1. The van der Waals surface area contributed by atoms with Gasteiger partial charge in [-0.3, -0.25) is 9.59 Å². The van der Waals surface area contributed by atoms with Crippen molar-refractivity contribution in [3.8, 4) is 11.5 Å². The fourth-order valence-corrected chi connectivity index (χ4v) is 3.62. The van der Waals surface area contributed by atoms with Crippen molar-refractivity contribution >= 4 is 23.4 Å². The molecule has 33 heavy (non-hydrogen) atoms. The molecular formula is C25H23ClN2O5. The van der Waals surface area contributed by atoms with Crippen LogP contribution in [0.3, 0.4) is 0 Å². The summed E-state index contributed by atoms with van der Waals surface area (Å²) in [7, 11) is 0. The van der Waals surface area contributed by atoms with E-state index in [9.17, 15) is 9.59 Å². The van der Waals surface area contributed by atoms with Crippen molar-refractivity contribution in [2.45, 2.75) is 13.1 Å². The summed E-state index contributed by atoms with van der Waals surface area (Å²) in [6.45, 7) is 4.59. The fraction of sp³-hybridized carbons (Fsp3) is 0.200. The zero-order valence-corrected chi connectivity index (χ0v) is 18.7. The molecule has 0 N–H and O–H groups in total. The van der Waals surface area contributed by atoms with Gasteiger partial charge >= 0.3 is 0 Å². The molecule has 2 amide bonds. The summed E-state index contributed by atoms with van der Waals surface area (Å²) in [6.07, 6.45) is 3.16. The molecule has 0 aliphatic carbocycles. The topological polar surface area (TPSA) is 72.2 Å². The normalized spacial score (nSPS) is 11.8. The first-order valence-electron chi connectivity index (χ1n) is 10.4. The molecule has 7 nitrogen and oxygen atoms in total. The minimum atomic E-state index is -0.277. The molecule has 2 heterocycles. The van der Waals surface area contributed by atoms with Crippen LogP contribution in [0.25, 0.3) is 0 Å². The lowest BCUT2D eigenvalue weighted by molar-refractivity contribution is -0.133. The molecule has 2 aromatic carbocycles. The van der Waals surface area contributed by atoms with Crippen molar-refractivity contribution in [3.05, 3.63) is 95.4 Å². The Morgan fingerprint density at radius 2 is 1.79 bits per heavy atom. The van der Waals surface area contributed by atoms with Crippen LogP contribution in [0.15, 0.2) is 77.9 Å². The lowest BCUT2D eigenvalue weighted by Gasteiger charge is -2.27. The molecule has 170 valence electrons. The van der Waals surface area contributed by atoms with E-state index in [1.807, 2.05) is 18.2 Å². The molecule has 0 spiro atoms. The molecule has 0 atom stereocenters. The van der Waals surface area contributed by atoms with E-state index in [4.69, 9.17) is 25.5 Å². The van der Waals surface area contributed by atoms with Crippen LogP contribution in [0.5, 0.6) is 11.5 Å². The second-order valence-electron chi connectivity index (χ2n) is 7.50. The van der Waals surface area contributed by atoms with Crippen LogP contribution in [-0.4, -0.2) is 41.5 Å². The minimum Gasteiger partial charge on any atom is -0.467 e. The Kier molecular flexibility index (Phi) is 7.00. The molecule has 1 aliphatic rings. The maximum absolute atomic E-state index is 13.4. The maximum atomic E-state index is 13.4. The van der Waals surface area contributed by atoms with Gasteiger partial charge in [-0.15, -0.1) is 6.58 Å². The van der Waals surface area contributed by atoms with Gasteiger partial charge in [0.25, 0.3) is 5.91 Å². The highest BCUT2D eigenvalue weighted by molar-refractivity contribution is 6.30. The quantitative estimate of drug-likeness (QED) is 0.433. The van der Waals surface area contributed by atoms with Crippen molar-refractivity contribution < 1.29 is 23.5 Å². The van der Waals surface area contributed by atoms with Crippen LogP contribution in [0.2, 0.25) is 5.02 Å². The lowest BCUT2D eigenvalue weighted by atomic mass is 10.1. The van der Waals surface area contributed by atoms with Crippen molar-refractivity contribution in [2.75, 3.05) is 19.9 Å². The van der Waals surface area contributed by atoms with Gasteiger partial charge in [0.15, 0.2) is 11.5 Å².